The lowest BCUT2D eigenvalue weighted by molar-refractivity contribution is 0.130. The summed E-state index contributed by atoms with van der Waals surface area (Å²) in [6.07, 6.45) is 1.37. The predicted octanol–water partition coefficient (Wildman–Crippen LogP) is 6.05. The van der Waals surface area contributed by atoms with Gasteiger partial charge in [0.2, 0.25) is 0 Å². The Hall–Kier alpha value is -2.21. The smallest absolute Gasteiger partial charge is 0.192 e. The van der Waals surface area contributed by atoms with Gasteiger partial charge in [0.25, 0.3) is 0 Å². The lowest BCUT2D eigenvalue weighted by Gasteiger charge is -2.47. The van der Waals surface area contributed by atoms with Gasteiger partial charge in [0.05, 0.1) is 6.10 Å². The highest BCUT2D eigenvalue weighted by molar-refractivity contribution is 7.14. The first-order chi connectivity index (χ1) is 15.6. The van der Waals surface area contributed by atoms with Gasteiger partial charge in [0.1, 0.15) is 0 Å². The average molecular weight is 471 g/mol. The molecule has 0 spiro atoms. The summed E-state index contributed by atoms with van der Waals surface area (Å²) in [4.78, 5) is 0. The molecule has 1 aliphatic rings. The van der Waals surface area contributed by atoms with Crippen molar-refractivity contribution >= 4 is 32.0 Å². The van der Waals surface area contributed by atoms with Crippen LogP contribution in [0.5, 0.6) is 0 Å². The first-order valence-corrected chi connectivity index (χ1v) is 17.2. The van der Waals surface area contributed by atoms with Crippen LogP contribution in [0.2, 0.25) is 18.1 Å². The van der Waals surface area contributed by atoms with Crippen LogP contribution in [0.25, 0.3) is 0 Å². The maximum Gasteiger partial charge on any atom is 0.192 e. The number of hydrogen-bond acceptors (Lipinski definition) is 1. The molecule has 0 aliphatic heterocycles. The Bertz CT molecular complexity index is 986. The largest absolute Gasteiger partial charge is 0.410 e. The summed E-state index contributed by atoms with van der Waals surface area (Å²) in [6.45, 7) is 14.1. The van der Waals surface area contributed by atoms with E-state index in [-0.39, 0.29) is 11.1 Å². The molecule has 1 saturated carbocycles. The van der Waals surface area contributed by atoms with Crippen LogP contribution in [0.1, 0.15) is 34.1 Å². The van der Waals surface area contributed by atoms with Crippen LogP contribution in [0.3, 0.4) is 0 Å². The quantitative estimate of drug-likeness (QED) is 0.315. The molecule has 0 saturated heterocycles. The molecular weight excluding hydrogens is 433 g/mol. The standard InChI is InChI=1S/C30H38OSi2/c1-24-22-29(31-32(5,6)30(2,3)4)28(24)23-33(25-16-10-7-11-17-25,26-18-12-8-13-19-26)27-20-14-9-15-21-27/h7-21,23-24,29H,22H2,1-6H3/b28-23-/t24-,29+/m0/s1. The van der Waals surface area contributed by atoms with Crippen molar-refractivity contribution in [1.82, 2.24) is 0 Å². The van der Waals surface area contributed by atoms with Crippen LogP contribution in [-0.4, -0.2) is 22.5 Å². The Labute approximate surface area is 202 Å². The monoisotopic (exact) mass is 470 g/mol. The number of rotatable bonds is 6. The Balaban J connectivity index is 1.91. The highest BCUT2D eigenvalue weighted by atomic mass is 28.4. The Morgan fingerprint density at radius 3 is 1.45 bits per heavy atom. The van der Waals surface area contributed by atoms with Crippen LogP contribution in [0.15, 0.2) is 102 Å². The van der Waals surface area contributed by atoms with Crippen LogP contribution < -0.4 is 15.6 Å². The average Bonchev–Trinajstić information content (AvgIpc) is 2.80. The van der Waals surface area contributed by atoms with E-state index < -0.39 is 16.4 Å². The molecule has 0 heterocycles. The molecule has 1 nitrogen and oxygen atoms in total. The van der Waals surface area contributed by atoms with E-state index in [1.807, 2.05) is 0 Å². The Morgan fingerprint density at radius 1 is 0.727 bits per heavy atom. The fourth-order valence-corrected chi connectivity index (χ4v) is 10.7. The molecule has 0 radical (unpaired) electrons. The van der Waals surface area contributed by atoms with E-state index in [1.54, 1.807) is 0 Å². The molecule has 3 aromatic carbocycles. The van der Waals surface area contributed by atoms with E-state index in [2.05, 4.69) is 137 Å². The van der Waals surface area contributed by atoms with E-state index in [1.165, 1.54) is 21.1 Å². The summed E-state index contributed by atoms with van der Waals surface area (Å²) in [5.74, 6) is 0.558. The second-order valence-corrected chi connectivity index (χ2v) is 19.4. The summed E-state index contributed by atoms with van der Waals surface area (Å²) >= 11 is 0. The lowest BCUT2D eigenvalue weighted by Crippen LogP contribution is -2.67. The fourth-order valence-electron chi connectivity index (χ4n) is 4.74. The molecule has 33 heavy (non-hydrogen) atoms. The minimum Gasteiger partial charge on any atom is -0.410 e. The van der Waals surface area contributed by atoms with Gasteiger partial charge in [-0.15, -0.1) is 0 Å². The molecule has 4 rings (SSSR count). The third-order valence-corrected chi connectivity index (χ3v) is 16.8. The fraction of sp³-hybridized carbons (Fsp3) is 0.333. The van der Waals surface area contributed by atoms with E-state index >= 15 is 0 Å². The third-order valence-electron chi connectivity index (χ3n) is 7.82. The molecule has 2 atom stereocenters. The second kappa shape index (κ2) is 9.21. The molecule has 172 valence electrons. The molecular formula is C30H38OSi2. The van der Waals surface area contributed by atoms with Crippen molar-refractivity contribution in [2.24, 2.45) is 5.92 Å². The maximum atomic E-state index is 6.97. The first kappa shape index (κ1) is 23.9. The molecule has 3 heteroatoms. The van der Waals surface area contributed by atoms with Gasteiger partial charge in [-0.05, 0) is 51.6 Å². The van der Waals surface area contributed by atoms with Gasteiger partial charge in [-0.3, -0.25) is 0 Å². The number of benzene rings is 3. The highest BCUT2D eigenvalue weighted by Crippen LogP contribution is 2.44. The third kappa shape index (κ3) is 4.59. The SMILES string of the molecule is C[C@H]1C[C@@H](O[Si](C)(C)C(C)(C)C)/C1=C\[Si](c1ccccc1)(c1ccccc1)c1ccccc1. The van der Waals surface area contributed by atoms with Crippen LogP contribution >= 0.6 is 0 Å². The zero-order valence-corrected chi connectivity index (χ0v) is 23.0. The normalized spacial score (nSPS) is 20.5. The van der Waals surface area contributed by atoms with Gasteiger partial charge in [-0.2, -0.15) is 0 Å². The zero-order valence-electron chi connectivity index (χ0n) is 21.0. The van der Waals surface area contributed by atoms with Crippen molar-refractivity contribution in [3.8, 4) is 0 Å². The molecule has 0 amide bonds. The molecule has 1 aliphatic carbocycles. The van der Waals surface area contributed by atoms with Crippen molar-refractivity contribution in [2.45, 2.75) is 58.4 Å². The molecule has 0 N–H and O–H groups in total. The van der Waals surface area contributed by atoms with Gasteiger partial charge in [0, 0.05) is 0 Å². The summed E-state index contributed by atoms with van der Waals surface area (Å²) in [5.41, 5.74) is 4.18. The van der Waals surface area contributed by atoms with Crippen LogP contribution in [0, 0.1) is 5.92 Å². The van der Waals surface area contributed by atoms with E-state index in [0.717, 1.165) is 6.42 Å². The summed E-state index contributed by atoms with van der Waals surface area (Å²) in [7, 11) is -4.24. The van der Waals surface area contributed by atoms with Gasteiger partial charge < -0.3 is 4.43 Å². The predicted molar refractivity (Wildman–Crippen MR) is 148 cm³/mol. The summed E-state index contributed by atoms with van der Waals surface area (Å²) < 4.78 is 6.97. The van der Waals surface area contributed by atoms with Crippen molar-refractivity contribution in [1.29, 1.82) is 0 Å². The van der Waals surface area contributed by atoms with E-state index in [0.29, 0.717) is 5.92 Å². The van der Waals surface area contributed by atoms with E-state index in [4.69, 9.17) is 4.43 Å². The molecule has 1 fully saturated rings. The topological polar surface area (TPSA) is 9.23 Å². The van der Waals surface area contributed by atoms with Crippen molar-refractivity contribution in [3.05, 3.63) is 102 Å². The van der Waals surface area contributed by atoms with Gasteiger partial charge in [-0.25, -0.2) is 0 Å². The van der Waals surface area contributed by atoms with Crippen molar-refractivity contribution in [2.75, 3.05) is 0 Å². The lowest BCUT2D eigenvalue weighted by atomic mass is 9.79. The van der Waals surface area contributed by atoms with Gasteiger partial charge in [0.15, 0.2) is 16.4 Å². The molecule has 3 aromatic rings. The molecule has 0 bridgehead atoms. The van der Waals surface area contributed by atoms with Crippen molar-refractivity contribution in [3.63, 3.8) is 0 Å². The van der Waals surface area contributed by atoms with Gasteiger partial charge in [-0.1, -0.05) is 124 Å². The van der Waals surface area contributed by atoms with Crippen LogP contribution in [-0.2, 0) is 4.43 Å². The minimum atomic E-state index is -2.39. The Kier molecular flexibility index (Phi) is 6.68. The van der Waals surface area contributed by atoms with E-state index in [9.17, 15) is 0 Å². The highest BCUT2D eigenvalue weighted by Gasteiger charge is 2.46. The second-order valence-electron chi connectivity index (χ2n) is 11.1. The summed E-state index contributed by atoms with van der Waals surface area (Å²) in [6, 6.07) is 33.5. The molecule has 0 unspecified atom stereocenters. The van der Waals surface area contributed by atoms with Crippen molar-refractivity contribution < 1.29 is 4.43 Å². The van der Waals surface area contributed by atoms with Gasteiger partial charge >= 0.3 is 0 Å². The number of hydrogen-bond donors (Lipinski definition) is 0. The van der Waals surface area contributed by atoms with Crippen LogP contribution in [0.4, 0.5) is 0 Å². The first-order valence-electron chi connectivity index (χ1n) is 12.2. The maximum absolute atomic E-state index is 6.97. The summed E-state index contributed by atoms with van der Waals surface area (Å²) in [5, 5.41) is 4.50. The molecule has 0 aromatic heterocycles. The zero-order chi connectivity index (χ0) is 23.7. The minimum absolute atomic E-state index is 0.212. The Morgan fingerprint density at radius 2 is 1.12 bits per heavy atom.